The van der Waals surface area contributed by atoms with Crippen LogP contribution < -0.4 is 10.1 Å². The number of hydrogen-bond donors (Lipinski definition) is 1. The predicted octanol–water partition coefficient (Wildman–Crippen LogP) is 1.58. The molecule has 2 aliphatic rings. The number of carbonyl (C=O) groups excluding carboxylic acids is 2. The normalized spacial score (nSPS) is 22.0. The first kappa shape index (κ1) is 18.7. The van der Waals surface area contributed by atoms with Gasteiger partial charge in [-0.15, -0.1) is 0 Å². The van der Waals surface area contributed by atoms with Crippen LogP contribution in [0.5, 0.6) is 5.75 Å². The lowest BCUT2D eigenvalue weighted by molar-refractivity contribution is -0.144. The molecule has 0 aliphatic carbocycles. The van der Waals surface area contributed by atoms with Crippen LogP contribution in [0, 0.1) is 6.92 Å². The van der Waals surface area contributed by atoms with E-state index in [1.807, 2.05) is 36.1 Å². The molecule has 2 saturated heterocycles. The Kier molecular flexibility index (Phi) is 6.14. The van der Waals surface area contributed by atoms with E-state index >= 15 is 0 Å². The average Bonchev–Trinajstić information content (AvgIpc) is 2.69. The minimum atomic E-state index is -0.529. The van der Waals surface area contributed by atoms with Gasteiger partial charge >= 0.3 is 0 Å². The van der Waals surface area contributed by atoms with Gasteiger partial charge in [-0.2, -0.15) is 0 Å². The molecular formula is C20H29N3O3. The number of hydrogen-bond acceptors (Lipinski definition) is 4. The average molecular weight is 359 g/mol. The molecule has 2 fully saturated rings. The number of benzene rings is 1. The van der Waals surface area contributed by atoms with E-state index < -0.39 is 6.10 Å². The Bertz CT molecular complexity index is 635. The maximum atomic E-state index is 12.7. The largest absolute Gasteiger partial charge is 0.481 e. The highest BCUT2D eigenvalue weighted by atomic mass is 16.5. The summed E-state index contributed by atoms with van der Waals surface area (Å²) in [4.78, 5) is 28.9. The molecule has 0 radical (unpaired) electrons. The van der Waals surface area contributed by atoms with Crippen molar-refractivity contribution in [1.29, 1.82) is 0 Å². The first-order valence-corrected chi connectivity index (χ1v) is 9.59. The monoisotopic (exact) mass is 359 g/mol. The van der Waals surface area contributed by atoms with Crippen LogP contribution >= 0.6 is 0 Å². The highest BCUT2D eigenvalue weighted by molar-refractivity contribution is 5.83. The van der Waals surface area contributed by atoms with E-state index in [2.05, 4.69) is 5.32 Å². The number of ether oxygens (including phenoxy) is 1. The molecule has 142 valence electrons. The summed E-state index contributed by atoms with van der Waals surface area (Å²) in [7, 11) is 0. The lowest BCUT2D eigenvalue weighted by atomic mass is 10.0. The van der Waals surface area contributed by atoms with E-state index in [1.54, 1.807) is 11.8 Å². The van der Waals surface area contributed by atoms with Crippen molar-refractivity contribution in [3.05, 3.63) is 29.8 Å². The van der Waals surface area contributed by atoms with Crippen molar-refractivity contribution in [3.8, 4) is 5.75 Å². The van der Waals surface area contributed by atoms with Crippen molar-refractivity contribution < 1.29 is 14.3 Å². The number of nitrogens with zero attached hydrogens (tertiary/aromatic N) is 2. The van der Waals surface area contributed by atoms with Crippen LogP contribution in [0.1, 0.15) is 31.7 Å². The second-order valence-electron chi connectivity index (χ2n) is 7.18. The van der Waals surface area contributed by atoms with Crippen molar-refractivity contribution in [2.75, 3.05) is 32.7 Å². The van der Waals surface area contributed by atoms with E-state index in [-0.39, 0.29) is 17.9 Å². The van der Waals surface area contributed by atoms with Gasteiger partial charge in [-0.3, -0.25) is 9.59 Å². The number of para-hydroxylation sites is 1. The summed E-state index contributed by atoms with van der Waals surface area (Å²) >= 11 is 0. The minimum Gasteiger partial charge on any atom is -0.481 e. The number of rotatable bonds is 4. The summed E-state index contributed by atoms with van der Waals surface area (Å²) in [6.07, 6.45) is 2.64. The fourth-order valence-electron chi connectivity index (χ4n) is 3.62. The van der Waals surface area contributed by atoms with Crippen LogP contribution in [0.3, 0.4) is 0 Å². The summed E-state index contributed by atoms with van der Waals surface area (Å²) in [5.41, 5.74) is 1.02. The molecule has 26 heavy (non-hydrogen) atoms. The van der Waals surface area contributed by atoms with Gasteiger partial charge in [-0.1, -0.05) is 24.6 Å². The molecule has 0 bridgehead atoms. The van der Waals surface area contributed by atoms with Gasteiger partial charge in [0.1, 0.15) is 5.75 Å². The van der Waals surface area contributed by atoms with Crippen LogP contribution in [-0.4, -0.2) is 66.5 Å². The topological polar surface area (TPSA) is 61.9 Å². The molecule has 0 spiro atoms. The number of piperazine rings is 1. The Labute approximate surface area is 155 Å². The van der Waals surface area contributed by atoms with Gasteiger partial charge in [0.25, 0.3) is 5.91 Å². The van der Waals surface area contributed by atoms with Gasteiger partial charge in [0.2, 0.25) is 5.91 Å². The lowest BCUT2D eigenvalue weighted by Gasteiger charge is -2.38. The summed E-state index contributed by atoms with van der Waals surface area (Å²) in [6.45, 7) is 7.01. The quantitative estimate of drug-likeness (QED) is 0.887. The molecule has 1 aromatic carbocycles. The zero-order valence-corrected chi connectivity index (χ0v) is 15.7. The smallest absolute Gasteiger partial charge is 0.263 e. The zero-order valence-electron chi connectivity index (χ0n) is 15.7. The lowest BCUT2D eigenvalue weighted by Crippen LogP contribution is -2.57. The Hall–Kier alpha value is -2.08. The summed E-state index contributed by atoms with van der Waals surface area (Å²) in [5, 5.41) is 3.31. The van der Waals surface area contributed by atoms with E-state index in [0.29, 0.717) is 26.2 Å². The maximum Gasteiger partial charge on any atom is 0.263 e. The van der Waals surface area contributed by atoms with E-state index in [0.717, 1.165) is 37.1 Å². The fraction of sp³-hybridized carbons (Fsp3) is 0.600. The molecule has 2 aliphatic heterocycles. The van der Waals surface area contributed by atoms with Crippen molar-refractivity contribution in [1.82, 2.24) is 15.1 Å². The molecule has 6 heteroatoms. The molecule has 0 saturated carbocycles. The Morgan fingerprint density at radius 3 is 2.46 bits per heavy atom. The molecular weight excluding hydrogens is 330 g/mol. The Morgan fingerprint density at radius 2 is 1.81 bits per heavy atom. The van der Waals surface area contributed by atoms with Gasteiger partial charge in [-0.05, 0) is 44.9 Å². The van der Waals surface area contributed by atoms with Crippen LogP contribution in [-0.2, 0) is 9.59 Å². The molecule has 1 aromatic rings. The highest BCUT2D eigenvalue weighted by Crippen LogP contribution is 2.19. The number of nitrogens with one attached hydrogen (secondary N) is 1. The van der Waals surface area contributed by atoms with Crippen LogP contribution in [0.2, 0.25) is 0 Å². The summed E-state index contributed by atoms with van der Waals surface area (Å²) in [5.74, 6) is 0.905. The number of piperidine rings is 1. The minimum absolute atomic E-state index is 0.0175. The van der Waals surface area contributed by atoms with Gasteiger partial charge in [0.05, 0.1) is 6.04 Å². The Morgan fingerprint density at radius 1 is 1.12 bits per heavy atom. The molecule has 2 atom stereocenters. The van der Waals surface area contributed by atoms with Gasteiger partial charge in [0.15, 0.2) is 6.10 Å². The van der Waals surface area contributed by atoms with Gasteiger partial charge < -0.3 is 19.9 Å². The Balaban J connectivity index is 1.50. The van der Waals surface area contributed by atoms with E-state index in [1.165, 1.54) is 0 Å². The van der Waals surface area contributed by atoms with E-state index in [9.17, 15) is 9.59 Å². The van der Waals surface area contributed by atoms with E-state index in [4.69, 9.17) is 4.74 Å². The molecule has 2 unspecified atom stereocenters. The molecule has 0 aromatic heterocycles. The summed E-state index contributed by atoms with van der Waals surface area (Å²) < 4.78 is 5.85. The molecule has 6 nitrogen and oxygen atoms in total. The van der Waals surface area contributed by atoms with Gasteiger partial charge in [-0.25, -0.2) is 0 Å². The van der Waals surface area contributed by atoms with Crippen LogP contribution in [0.4, 0.5) is 0 Å². The van der Waals surface area contributed by atoms with Crippen molar-refractivity contribution >= 4 is 11.8 Å². The van der Waals surface area contributed by atoms with Crippen molar-refractivity contribution in [2.24, 2.45) is 0 Å². The number of aryl methyl sites for hydroxylation is 1. The second kappa shape index (κ2) is 8.54. The summed E-state index contributed by atoms with van der Waals surface area (Å²) in [6, 6.07) is 7.66. The molecule has 3 rings (SSSR count). The first-order chi connectivity index (χ1) is 12.6. The molecule has 2 amide bonds. The first-order valence-electron chi connectivity index (χ1n) is 9.59. The second-order valence-corrected chi connectivity index (χ2v) is 7.18. The molecule has 1 N–H and O–H groups in total. The van der Waals surface area contributed by atoms with Crippen molar-refractivity contribution in [3.63, 3.8) is 0 Å². The third-order valence-corrected chi connectivity index (χ3v) is 5.26. The third-order valence-electron chi connectivity index (χ3n) is 5.26. The molecule has 2 heterocycles. The SMILES string of the molecule is Cc1ccccc1OC(C)C(=O)N1CCN(C(=O)C2CCCCN2)CC1. The fourth-order valence-corrected chi connectivity index (χ4v) is 3.62. The number of carbonyl (C=O) groups is 2. The maximum absolute atomic E-state index is 12.7. The van der Waals surface area contributed by atoms with Crippen molar-refractivity contribution in [2.45, 2.75) is 45.3 Å². The van der Waals surface area contributed by atoms with Crippen LogP contribution in [0.25, 0.3) is 0 Å². The zero-order chi connectivity index (χ0) is 18.5. The van der Waals surface area contributed by atoms with Crippen LogP contribution in [0.15, 0.2) is 24.3 Å². The standard InChI is InChI=1S/C20H29N3O3/c1-15-7-3-4-9-18(15)26-16(2)19(24)22-11-13-23(14-12-22)20(25)17-8-5-6-10-21-17/h3-4,7,9,16-17,21H,5-6,8,10-14H2,1-2H3. The third kappa shape index (κ3) is 4.36. The predicted molar refractivity (Wildman–Crippen MR) is 100 cm³/mol. The highest BCUT2D eigenvalue weighted by Gasteiger charge is 2.31. The number of amides is 2. The van der Waals surface area contributed by atoms with Gasteiger partial charge in [0, 0.05) is 26.2 Å².